The molecule has 1 aliphatic rings. The molecule has 3 nitrogen and oxygen atoms in total. The number of ketones is 3. The van der Waals surface area contributed by atoms with Crippen molar-refractivity contribution in [3.63, 3.8) is 0 Å². The minimum absolute atomic E-state index is 0.0393. The van der Waals surface area contributed by atoms with Gasteiger partial charge in [0.25, 0.3) is 0 Å². The summed E-state index contributed by atoms with van der Waals surface area (Å²) in [4.78, 5) is 34.6. The van der Waals surface area contributed by atoms with Crippen LogP contribution in [0.1, 0.15) is 91.0 Å². The zero-order valence-electron chi connectivity index (χ0n) is 14.5. The molecule has 3 heteroatoms. The first-order valence-corrected chi connectivity index (χ1v) is 7.74. The first-order chi connectivity index (χ1) is 10.3. The Kier molecular flexibility index (Phi) is 8.24. The molecule has 0 unspecified atom stereocenters. The van der Waals surface area contributed by atoms with Crippen molar-refractivity contribution in [2.45, 2.75) is 54.4 Å². The molecule has 0 aromatic heterocycles. The van der Waals surface area contributed by atoms with Crippen molar-refractivity contribution in [2.75, 3.05) is 0 Å². The molecule has 1 aromatic carbocycles. The smallest absolute Gasteiger partial charge is 0.167 e. The highest BCUT2D eigenvalue weighted by Gasteiger charge is 2.26. The van der Waals surface area contributed by atoms with Crippen molar-refractivity contribution in [3.8, 4) is 0 Å². The lowest BCUT2D eigenvalue weighted by Gasteiger charge is -2.07. The third kappa shape index (κ3) is 4.48. The van der Waals surface area contributed by atoms with Gasteiger partial charge >= 0.3 is 0 Å². The minimum atomic E-state index is -0.205. The summed E-state index contributed by atoms with van der Waals surface area (Å²) in [7, 11) is 0. The average molecular weight is 302 g/mol. The lowest BCUT2D eigenvalue weighted by Crippen LogP contribution is -2.06. The van der Waals surface area contributed by atoms with Gasteiger partial charge in [-0.15, -0.1) is 0 Å². The van der Waals surface area contributed by atoms with Gasteiger partial charge in [0.2, 0.25) is 0 Å². The first kappa shape index (κ1) is 20.0. The molecular weight excluding hydrogens is 276 g/mol. The standard InChI is InChI=1S/C14H12O3.C3H8.C2H6/c1-7-4-14(17)13-6-12(9(3)16)11(8(2)15)5-10(7)13;1-3-2;1-2/h5-6H,1,4H2,2-3H3;3H2,1-2H3;1-2H3. The summed E-state index contributed by atoms with van der Waals surface area (Å²) in [6.07, 6.45) is 1.52. The lowest BCUT2D eigenvalue weighted by atomic mass is 9.95. The fourth-order valence-electron chi connectivity index (χ4n) is 2.09. The second-order valence-electron chi connectivity index (χ2n) is 4.97. The van der Waals surface area contributed by atoms with E-state index < -0.39 is 0 Å². The van der Waals surface area contributed by atoms with Gasteiger partial charge in [0.15, 0.2) is 17.3 Å². The molecule has 120 valence electrons. The van der Waals surface area contributed by atoms with E-state index in [0.29, 0.717) is 27.8 Å². The molecule has 0 heterocycles. The molecule has 0 amide bonds. The van der Waals surface area contributed by atoms with E-state index in [4.69, 9.17) is 0 Å². The summed E-state index contributed by atoms with van der Waals surface area (Å²) in [5.41, 5.74) is 2.60. The maximum Gasteiger partial charge on any atom is 0.167 e. The van der Waals surface area contributed by atoms with E-state index in [0.717, 1.165) is 0 Å². The van der Waals surface area contributed by atoms with Gasteiger partial charge in [-0.25, -0.2) is 0 Å². The number of hydrogen-bond acceptors (Lipinski definition) is 3. The van der Waals surface area contributed by atoms with E-state index in [2.05, 4.69) is 20.4 Å². The Bertz CT molecular complexity index is 544. The Balaban J connectivity index is 0.000000789. The second-order valence-corrected chi connectivity index (χ2v) is 4.97. The van der Waals surface area contributed by atoms with Crippen LogP contribution in [0.25, 0.3) is 5.57 Å². The van der Waals surface area contributed by atoms with E-state index >= 15 is 0 Å². The zero-order valence-corrected chi connectivity index (χ0v) is 14.5. The third-order valence-corrected chi connectivity index (χ3v) is 2.97. The quantitative estimate of drug-likeness (QED) is 0.711. The molecule has 0 aliphatic heterocycles. The van der Waals surface area contributed by atoms with Crippen LogP contribution in [0.15, 0.2) is 18.7 Å². The Morgan fingerprint density at radius 3 is 1.73 bits per heavy atom. The fraction of sp³-hybridized carbons (Fsp3) is 0.421. The summed E-state index contributed by atoms with van der Waals surface area (Å²) < 4.78 is 0. The molecule has 22 heavy (non-hydrogen) atoms. The Labute approximate surface area is 133 Å². The maximum atomic E-state index is 11.7. The number of hydrogen-bond donors (Lipinski definition) is 0. The van der Waals surface area contributed by atoms with Crippen molar-refractivity contribution < 1.29 is 14.4 Å². The van der Waals surface area contributed by atoms with E-state index in [-0.39, 0.29) is 23.8 Å². The zero-order chi connectivity index (χ0) is 17.4. The van der Waals surface area contributed by atoms with Crippen LogP contribution < -0.4 is 0 Å². The summed E-state index contributed by atoms with van der Waals surface area (Å²) in [5.74, 6) is -0.420. The van der Waals surface area contributed by atoms with Crippen molar-refractivity contribution in [1.82, 2.24) is 0 Å². The highest BCUT2D eigenvalue weighted by atomic mass is 16.1. The van der Waals surface area contributed by atoms with Crippen LogP contribution in [-0.2, 0) is 0 Å². The van der Waals surface area contributed by atoms with Gasteiger partial charge in [-0.2, -0.15) is 0 Å². The molecule has 0 fully saturated rings. The van der Waals surface area contributed by atoms with E-state index in [1.165, 1.54) is 26.3 Å². The Morgan fingerprint density at radius 2 is 1.36 bits per heavy atom. The van der Waals surface area contributed by atoms with Crippen LogP contribution in [0.3, 0.4) is 0 Å². The average Bonchev–Trinajstić information content (AvgIpc) is 2.75. The number of carbonyl (C=O) groups excluding carboxylic acids is 3. The SMILES string of the molecule is C=C1CC(=O)c2cc(C(C)=O)c(C(C)=O)cc21.CC.CCC. The third-order valence-electron chi connectivity index (χ3n) is 2.97. The molecule has 0 spiro atoms. The van der Waals surface area contributed by atoms with E-state index in [9.17, 15) is 14.4 Å². The normalized spacial score (nSPS) is 11.7. The van der Waals surface area contributed by atoms with Gasteiger partial charge < -0.3 is 0 Å². The molecule has 0 radical (unpaired) electrons. The number of fused-ring (bicyclic) bond motifs is 1. The first-order valence-electron chi connectivity index (χ1n) is 7.74. The second kappa shape index (κ2) is 9.08. The van der Waals surface area contributed by atoms with Crippen molar-refractivity contribution in [3.05, 3.63) is 41.0 Å². The lowest BCUT2D eigenvalue weighted by molar-refractivity contribution is 0.0979. The molecule has 1 aromatic rings. The Hall–Kier alpha value is -2.03. The molecule has 2 rings (SSSR count). The number of Topliss-reactive ketones (excluding diaryl/α,β-unsaturated/α-hetero) is 3. The van der Waals surface area contributed by atoms with Gasteiger partial charge in [-0.3, -0.25) is 14.4 Å². The van der Waals surface area contributed by atoms with Gasteiger partial charge in [0.05, 0.1) is 0 Å². The highest BCUT2D eigenvalue weighted by molar-refractivity contribution is 6.15. The predicted molar refractivity (Wildman–Crippen MR) is 91.7 cm³/mol. The van der Waals surface area contributed by atoms with Crippen molar-refractivity contribution >= 4 is 22.9 Å². The molecule has 1 aliphatic carbocycles. The fourth-order valence-corrected chi connectivity index (χ4v) is 2.09. The van der Waals surface area contributed by atoms with Gasteiger partial charge in [0.1, 0.15) is 0 Å². The van der Waals surface area contributed by atoms with Crippen molar-refractivity contribution in [2.24, 2.45) is 0 Å². The van der Waals surface area contributed by atoms with Crippen LogP contribution in [-0.4, -0.2) is 17.3 Å². The number of benzene rings is 1. The van der Waals surface area contributed by atoms with Gasteiger partial charge in [0, 0.05) is 23.1 Å². The number of carbonyl (C=O) groups is 3. The van der Waals surface area contributed by atoms with Crippen LogP contribution in [0.2, 0.25) is 0 Å². The number of rotatable bonds is 2. The molecular formula is C19H26O3. The van der Waals surface area contributed by atoms with Crippen LogP contribution >= 0.6 is 0 Å². The molecule has 0 bridgehead atoms. The topological polar surface area (TPSA) is 51.2 Å². The van der Waals surface area contributed by atoms with Crippen molar-refractivity contribution in [1.29, 1.82) is 0 Å². The monoisotopic (exact) mass is 302 g/mol. The van der Waals surface area contributed by atoms with Gasteiger partial charge in [-0.1, -0.05) is 40.7 Å². The molecule has 0 N–H and O–H groups in total. The van der Waals surface area contributed by atoms with Gasteiger partial charge in [-0.05, 0) is 37.1 Å². The number of allylic oxidation sites excluding steroid dienone is 1. The summed E-state index contributed by atoms with van der Waals surface area (Å²) in [6, 6.07) is 3.14. The van der Waals surface area contributed by atoms with E-state index in [1.807, 2.05) is 13.8 Å². The largest absolute Gasteiger partial charge is 0.294 e. The van der Waals surface area contributed by atoms with Crippen LogP contribution in [0.5, 0.6) is 0 Å². The highest BCUT2D eigenvalue weighted by Crippen LogP contribution is 2.33. The Morgan fingerprint density at radius 1 is 1.00 bits per heavy atom. The summed E-state index contributed by atoms with van der Waals surface area (Å²) in [6.45, 7) is 14.9. The molecule has 0 atom stereocenters. The molecule has 0 saturated heterocycles. The predicted octanol–water partition coefficient (Wildman–Crippen LogP) is 5.13. The summed E-state index contributed by atoms with van der Waals surface area (Å²) in [5, 5.41) is 0. The molecule has 0 saturated carbocycles. The maximum absolute atomic E-state index is 11.7. The summed E-state index contributed by atoms with van der Waals surface area (Å²) >= 11 is 0. The van der Waals surface area contributed by atoms with E-state index in [1.54, 1.807) is 6.07 Å². The minimum Gasteiger partial charge on any atom is -0.294 e. The van der Waals surface area contributed by atoms with Crippen LogP contribution in [0.4, 0.5) is 0 Å². The van der Waals surface area contributed by atoms with Crippen LogP contribution in [0, 0.1) is 0 Å².